The van der Waals surface area contributed by atoms with Crippen molar-refractivity contribution in [2.45, 2.75) is 26.4 Å². The molecule has 1 aliphatic heterocycles. The van der Waals surface area contributed by atoms with Crippen molar-refractivity contribution < 1.29 is 9.34 Å². The van der Waals surface area contributed by atoms with E-state index in [0.717, 1.165) is 12.2 Å². The zero-order valence-electron chi connectivity index (χ0n) is 15.1. The van der Waals surface area contributed by atoms with Gasteiger partial charge in [0.1, 0.15) is 17.3 Å². The van der Waals surface area contributed by atoms with E-state index in [2.05, 4.69) is 14.9 Å². The van der Waals surface area contributed by atoms with Crippen molar-refractivity contribution in [1.82, 2.24) is 14.9 Å². The van der Waals surface area contributed by atoms with E-state index in [1.165, 1.54) is 6.07 Å². The van der Waals surface area contributed by atoms with Gasteiger partial charge in [-0.2, -0.15) is 0 Å². The Morgan fingerprint density at radius 2 is 2.18 bits per heavy atom. The van der Waals surface area contributed by atoms with Crippen LogP contribution in [0.5, 0.6) is 0 Å². The summed E-state index contributed by atoms with van der Waals surface area (Å²) in [6.45, 7) is 3.50. The van der Waals surface area contributed by atoms with Gasteiger partial charge in [0.15, 0.2) is 0 Å². The molecule has 1 aliphatic rings. The third kappa shape index (κ3) is 3.56. The van der Waals surface area contributed by atoms with E-state index in [9.17, 15) is 14.9 Å². The number of halogens is 1. The van der Waals surface area contributed by atoms with Crippen molar-refractivity contribution in [3.05, 3.63) is 78.7 Å². The molecule has 0 unspecified atom stereocenters. The molecule has 2 aromatic heterocycles. The van der Waals surface area contributed by atoms with Crippen molar-refractivity contribution in [3.63, 3.8) is 0 Å². The van der Waals surface area contributed by atoms with Gasteiger partial charge in [-0.15, -0.1) is 0 Å². The first-order chi connectivity index (χ1) is 13.4. The Labute approximate surface area is 164 Å². The molecule has 144 valence electrons. The predicted molar refractivity (Wildman–Crippen MR) is 103 cm³/mol. The van der Waals surface area contributed by atoms with Gasteiger partial charge >= 0.3 is 0 Å². The highest BCUT2D eigenvalue weighted by Gasteiger charge is 2.23. The number of aryl methyl sites for hydroxylation is 1. The molecule has 0 spiro atoms. The number of rotatable bonds is 4. The number of H-pyrrole nitrogens is 1. The zero-order chi connectivity index (χ0) is 19.8. The molecule has 3 aromatic rings. The summed E-state index contributed by atoms with van der Waals surface area (Å²) in [5.41, 5.74) is 1.68. The standard InChI is InChI=1S/C19H17ClN4O4/c1-11-21-16-6-7-23(10-15(16)19(25)22-11)9-13-3-5-18(28-13)14-4-2-12(20)8-17(14)24(26)27/h2-5,8H,6-7,9-10H2,1H3,(H,21,22,25). The van der Waals surface area contributed by atoms with Crippen LogP contribution in [0.4, 0.5) is 5.69 Å². The van der Waals surface area contributed by atoms with Crippen LogP contribution in [0, 0.1) is 17.0 Å². The number of hydrogen-bond acceptors (Lipinski definition) is 6. The average molecular weight is 401 g/mol. The van der Waals surface area contributed by atoms with Crippen molar-refractivity contribution in [3.8, 4) is 11.3 Å². The second kappa shape index (κ2) is 7.21. The van der Waals surface area contributed by atoms with E-state index >= 15 is 0 Å². The number of nitrogens with one attached hydrogen (secondary N) is 1. The quantitative estimate of drug-likeness (QED) is 0.531. The van der Waals surface area contributed by atoms with Crippen LogP contribution in [0.1, 0.15) is 22.8 Å². The fourth-order valence-corrected chi connectivity index (χ4v) is 3.60. The summed E-state index contributed by atoms with van der Waals surface area (Å²) in [4.78, 5) is 32.2. The SMILES string of the molecule is Cc1nc2c(c(=O)[nH]1)CN(Cc1ccc(-c3ccc(Cl)cc3[N+](=O)[O-])o1)CC2. The lowest BCUT2D eigenvalue weighted by atomic mass is 10.1. The van der Waals surface area contributed by atoms with Gasteiger partial charge in [-0.3, -0.25) is 19.8 Å². The summed E-state index contributed by atoms with van der Waals surface area (Å²) >= 11 is 5.87. The van der Waals surface area contributed by atoms with Gasteiger partial charge < -0.3 is 9.40 Å². The maximum Gasteiger partial charge on any atom is 0.281 e. The van der Waals surface area contributed by atoms with E-state index in [-0.39, 0.29) is 11.2 Å². The molecule has 9 heteroatoms. The van der Waals surface area contributed by atoms with E-state index < -0.39 is 4.92 Å². The molecule has 0 atom stereocenters. The van der Waals surface area contributed by atoms with E-state index in [1.807, 2.05) is 0 Å². The third-order valence-electron chi connectivity index (χ3n) is 4.73. The van der Waals surface area contributed by atoms with E-state index in [0.29, 0.717) is 53.0 Å². The summed E-state index contributed by atoms with van der Waals surface area (Å²) in [7, 11) is 0. The molecule has 0 bridgehead atoms. The highest BCUT2D eigenvalue weighted by molar-refractivity contribution is 6.30. The minimum atomic E-state index is -0.480. The van der Waals surface area contributed by atoms with Gasteiger partial charge in [0.25, 0.3) is 11.2 Å². The van der Waals surface area contributed by atoms with Crippen LogP contribution in [0.3, 0.4) is 0 Å². The first-order valence-electron chi connectivity index (χ1n) is 8.75. The molecule has 0 saturated carbocycles. The highest BCUT2D eigenvalue weighted by Crippen LogP contribution is 2.33. The summed E-state index contributed by atoms with van der Waals surface area (Å²) < 4.78 is 5.85. The van der Waals surface area contributed by atoms with Gasteiger partial charge in [0.05, 0.1) is 28.3 Å². The fourth-order valence-electron chi connectivity index (χ4n) is 3.43. The molecule has 0 fully saturated rings. The topological polar surface area (TPSA) is 105 Å². The van der Waals surface area contributed by atoms with Gasteiger partial charge in [-0.25, -0.2) is 4.98 Å². The van der Waals surface area contributed by atoms with Gasteiger partial charge in [0, 0.05) is 30.6 Å². The molecule has 0 radical (unpaired) electrons. The summed E-state index contributed by atoms with van der Waals surface area (Å²) in [5.74, 6) is 1.70. The lowest BCUT2D eigenvalue weighted by Gasteiger charge is -2.26. The van der Waals surface area contributed by atoms with Gasteiger partial charge in [-0.1, -0.05) is 11.6 Å². The first-order valence-corrected chi connectivity index (χ1v) is 9.12. The van der Waals surface area contributed by atoms with Crippen molar-refractivity contribution in [1.29, 1.82) is 0 Å². The Morgan fingerprint density at radius 3 is 2.96 bits per heavy atom. The lowest BCUT2D eigenvalue weighted by Crippen LogP contribution is -2.35. The maximum atomic E-state index is 12.2. The normalized spacial score (nSPS) is 14.1. The number of nitrogens with zero attached hydrogens (tertiary/aromatic N) is 3. The number of furan rings is 1. The molecular formula is C19H17ClN4O4. The van der Waals surface area contributed by atoms with E-state index in [1.54, 1.807) is 31.2 Å². The molecule has 0 aliphatic carbocycles. The summed E-state index contributed by atoms with van der Waals surface area (Å²) in [5, 5.41) is 11.6. The smallest absolute Gasteiger partial charge is 0.281 e. The maximum absolute atomic E-state index is 12.2. The Hall–Kier alpha value is -2.97. The number of nitro benzene ring substituents is 1. The second-order valence-electron chi connectivity index (χ2n) is 6.72. The Kier molecular flexibility index (Phi) is 4.74. The molecule has 0 saturated heterocycles. The second-order valence-corrected chi connectivity index (χ2v) is 7.16. The van der Waals surface area contributed by atoms with Gasteiger partial charge in [-0.05, 0) is 31.2 Å². The van der Waals surface area contributed by atoms with Crippen LogP contribution in [0.25, 0.3) is 11.3 Å². The Bertz CT molecular complexity index is 1120. The van der Waals surface area contributed by atoms with E-state index in [4.69, 9.17) is 16.0 Å². The molecule has 3 heterocycles. The predicted octanol–water partition coefficient (Wildman–Crippen LogP) is 3.46. The van der Waals surface area contributed by atoms with Crippen molar-refractivity contribution >= 4 is 17.3 Å². The Balaban J connectivity index is 1.55. The summed E-state index contributed by atoms with van der Waals surface area (Å²) in [6.07, 6.45) is 0.691. The van der Waals surface area contributed by atoms with Crippen LogP contribution in [0.15, 0.2) is 39.5 Å². The molecule has 8 nitrogen and oxygen atoms in total. The number of hydrogen-bond donors (Lipinski definition) is 1. The van der Waals surface area contributed by atoms with Crippen LogP contribution in [-0.2, 0) is 19.5 Å². The van der Waals surface area contributed by atoms with Gasteiger partial charge in [0.2, 0.25) is 0 Å². The molecular weight excluding hydrogens is 384 g/mol. The number of benzene rings is 1. The number of aromatic amines is 1. The Morgan fingerprint density at radius 1 is 1.36 bits per heavy atom. The third-order valence-corrected chi connectivity index (χ3v) is 4.96. The van der Waals surface area contributed by atoms with Crippen molar-refractivity contribution in [2.75, 3.05) is 6.54 Å². The lowest BCUT2D eigenvalue weighted by molar-refractivity contribution is -0.384. The average Bonchev–Trinajstić information content (AvgIpc) is 3.10. The molecule has 28 heavy (non-hydrogen) atoms. The summed E-state index contributed by atoms with van der Waals surface area (Å²) in [6, 6.07) is 7.98. The highest BCUT2D eigenvalue weighted by atomic mass is 35.5. The minimum Gasteiger partial charge on any atom is -0.459 e. The van der Waals surface area contributed by atoms with Crippen molar-refractivity contribution in [2.24, 2.45) is 0 Å². The number of nitro groups is 1. The van der Waals surface area contributed by atoms with Crippen LogP contribution >= 0.6 is 11.6 Å². The van der Waals surface area contributed by atoms with Crippen LogP contribution in [0.2, 0.25) is 5.02 Å². The van der Waals surface area contributed by atoms with Crippen LogP contribution < -0.4 is 5.56 Å². The molecule has 1 N–H and O–H groups in total. The largest absolute Gasteiger partial charge is 0.459 e. The molecule has 0 amide bonds. The number of fused-ring (bicyclic) bond motifs is 1. The molecule has 1 aromatic carbocycles. The molecule has 4 rings (SSSR count). The minimum absolute atomic E-state index is 0.103. The first kappa shape index (κ1) is 18.4. The fraction of sp³-hybridized carbons (Fsp3) is 0.263. The monoisotopic (exact) mass is 400 g/mol. The number of aromatic nitrogens is 2. The zero-order valence-corrected chi connectivity index (χ0v) is 15.8. The van der Waals surface area contributed by atoms with Crippen LogP contribution in [-0.4, -0.2) is 26.3 Å².